The summed E-state index contributed by atoms with van der Waals surface area (Å²) in [5.74, 6) is 0.0741. The molecule has 0 aliphatic carbocycles. The fourth-order valence-corrected chi connectivity index (χ4v) is 1.46. The molecule has 1 rings (SSSR count). The second kappa shape index (κ2) is 6.99. The van der Waals surface area contributed by atoms with Crippen LogP contribution in [0.4, 0.5) is 10.1 Å². The fourth-order valence-electron chi connectivity index (χ4n) is 1.46. The largest absolute Gasteiger partial charge is 0.316 e. The molecular formula is C13H17FNO. The number of hydrogen-bond donors (Lipinski definition) is 0. The van der Waals surface area contributed by atoms with Crippen LogP contribution in [0.3, 0.4) is 0 Å². The first-order valence-corrected chi connectivity index (χ1v) is 5.49. The Kier molecular flexibility index (Phi) is 5.54. The molecule has 0 atom stereocenters. The van der Waals surface area contributed by atoms with E-state index in [0.29, 0.717) is 19.5 Å². The number of unbranched alkanes of at least 4 members (excludes halogenated alkanes) is 2. The van der Waals surface area contributed by atoms with Gasteiger partial charge in [0, 0.05) is 19.2 Å². The van der Waals surface area contributed by atoms with Crippen molar-refractivity contribution in [3.05, 3.63) is 37.0 Å². The van der Waals surface area contributed by atoms with E-state index in [1.54, 1.807) is 11.9 Å². The van der Waals surface area contributed by atoms with E-state index in [0.717, 1.165) is 18.5 Å². The van der Waals surface area contributed by atoms with Gasteiger partial charge in [0.25, 0.3) is 0 Å². The van der Waals surface area contributed by atoms with E-state index in [1.807, 2.05) is 30.3 Å². The molecule has 0 aromatic heterocycles. The summed E-state index contributed by atoms with van der Waals surface area (Å²) in [6.45, 7) is 0.644. The summed E-state index contributed by atoms with van der Waals surface area (Å²) in [5.41, 5.74) is 0.893. The predicted octanol–water partition coefficient (Wildman–Crippen LogP) is 3.34. The van der Waals surface area contributed by atoms with Crippen LogP contribution in [0, 0.1) is 6.67 Å². The van der Waals surface area contributed by atoms with Gasteiger partial charge >= 0.3 is 0 Å². The zero-order valence-electron chi connectivity index (χ0n) is 9.53. The molecule has 0 N–H and O–H groups in total. The predicted molar refractivity (Wildman–Crippen MR) is 63.7 cm³/mol. The van der Waals surface area contributed by atoms with Crippen molar-refractivity contribution < 1.29 is 9.18 Å². The van der Waals surface area contributed by atoms with Crippen molar-refractivity contribution in [2.24, 2.45) is 0 Å². The summed E-state index contributed by atoms with van der Waals surface area (Å²) < 4.78 is 11.7. The van der Waals surface area contributed by atoms with Gasteiger partial charge in [-0.1, -0.05) is 18.2 Å². The Morgan fingerprint density at radius 1 is 1.31 bits per heavy atom. The highest BCUT2D eigenvalue weighted by molar-refractivity contribution is 5.92. The number of carbonyl (C=O) groups excluding carboxylic acids is 1. The zero-order valence-corrected chi connectivity index (χ0v) is 9.53. The Morgan fingerprint density at radius 2 is 2.00 bits per heavy atom. The minimum atomic E-state index is 0.0741. The lowest BCUT2D eigenvalue weighted by Crippen LogP contribution is -2.25. The summed E-state index contributed by atoms with van der Waals surface area (Å²) in [5, 5.41) is 0. The number of rotatable bonds is 6. The van der Waals surface area contributed by atoms with Gasteiger partial charge in [-0.15, -0.1) is 0 Å². The summed E-state index contributed by atoms with van der Waals surface area (Å²) in [4.78, 5) is 13.4. The Labute approximate surface area is 96.1 Å². The number of amides is 1. The lowest BCUT2D eigenvalue weighted by atomic mass is 10.2. The summed E-state index contributed by atoms with van der Waals surface area (Å²) in [6, 6.07) is 9.51. The van der Waals surface area contributed by atoms with Crippen LogP contribution in [0.1, 0.15) is 25.7 Å². The van der Waals surface area contributed by atoms with E-state index in [9.17, 15) is 9.18 Å². The number of hydrogen-bond acceptors (Lipinski definition) is 1. The number of para-hydroxylation sites is 1. The van der Waals surface area contributed by atoms with E-state index < -0.39 is 0 Å². The van der Waals surface area contributed by atoms with Crippen molar-refractivity contribution in [3.63, 3.8) is 0 Å². The van der Waals surface area contributed by atoms with Crippen LogP contribution in [0.5, 0.6) is 0 Å². The molecule has 16 heavy (non-hydrogen) atoms. The van der Waals surface area contributed by atoms with Crippen LogP contribution in [-0.4, -0.2) is 13.0 Å². The van der Waals surface area contributed by atoms with Gasteiger partial charge in [0.1, 0.15) is 6.67 Å². The topological polar surface area (TPSA) is 20.3 Å². The van der Waals surface area contributed by atoms with Crippen LogP contribution in [-0.2, 0) is 4.79 Å². The highest BCUT2D eigenvalue weighted by atomic mass is 19.1. The molecule has 1 amide bonds. The lowest BCUT2D eigenvalue weighted by molar-refractivity contribution is -0.118. The van der Waals surface area contributed by atoms with Crippen molar-refractivity contribution in [2.45, 2.75) is 25.7 Å². The second-order valence-electron chi connectivity index (χ2n) is 3.69. The molecule has 0 saturated carbocycles. The van der Waals surface area contributed by atoms with E-state index in [-0.39, 0.29) is 5.91 Å². The highest BCUT2D eigenvalue weighted by Crippen LogP contribution is 2.13. The van der Waals surface area contributed by atoms with Crippen LogP contribution in [0.15, 0.2) is 30.3 Å². The van der Waals surface area contributed by atoms with Gasteiger partial charge in [-0.2, -0.15) is 0 Å². The van der Waals surface area contributed by atoms with Crippen molar-refractivity contribution in [3.8, 4) is 0 Å². The number of carbonyl (C=O) groups is 1. The average Bonchev–Trinajstić information content (AvgIpc) is 2.34. The maximum Gasteiger partial charge on any atom is 0.226 e. The zero-order chi connectivity index (χ0) is 11.8. The van der Waals surface area contributed by atoms with Crippen molar-refractivity contribution in [1.82, 2.24) is 0 Å². The molecule has 1 radical (unpaired) electrons. The van der Waals surface area contributed by atoms with Gasteiger partial charge in [0.2, 0.25) is 5.91 Å². The molecule has 1 aromatic carbocycles. The highest BCUT2D eigenvalue weighted by Gasteiger charge is 2.09. The molecule has 0 aliphatic heterocycles. The van der Waals surface area contributed by atoms with E-state index in [4.69, 9.17) is 0 Å². The second-order valence-corrected chi connectivity index (χ2v) is 3.69. The fraction of sp³-hybridized carbons (Fsp3) is 0.385. The van der Waals surface area contributed by atoms with Crippen LogP contribution in [0.2, 0.25) is 0 Å². The van der Waals surface area contributed by atoms with Gasteiger partial charge in [-0.25, -0.2) is 4.39 Å². The molecular weight excluding hydrogens is 205 g/mol. The minimum absolute atomic E-state index is 0.0741. The SMILES string of the molecule is CN(C(=O)CCCC[CH]F)c1ccccc1. The summed E-state index contributed by atoms with van der Waals surface area (Å²) in [6.07, 6.45) is 2.36. The van der Waals surface area contributed by atoms with E-state index in [1.165, 1.54) is 0 Å². The first-order valence-electron chi connectivity index (χ1n) is 5.49. The molecule has 0 spiro atoms. The lowest BCUT2D eigenvalue weighted by Gasteiger charge is -2.16. The molecule has 0 aliphatic rings. The minimum Gasteiger partial charge on any atom is -0.316 e. The van der Waals surface area contributed by atoms with Crippen LogP contribution < -0.4 is 4.90 Å². The van der Waals surface area contributed by atoms with Crippen molar-refractivity contribution >= 4 is 11.6 Å². The Balaban J connectivity index is 2.37. The number of anilines is 1. The molecule has 0 bridgehead atoms. The third kappa shape index (κ3) is 4.01. The van der Waals surface area contributed by atoms with Gasteiger partial charge in [-0.3, -0.25) is 4.79 Å². The smallest absolute Gasteiger partial charge is 0.226 e. The maximum atomic E-state index is 11.7. The maximum absolute atomic E-state index is 11.7. The van der Waals surface area contributed by atoms with E-state index in [2.05, 4.69) is 0 Å². The quantitative estimate of drug-likeness (QED) is 0.676. The van der Waals surface area contributed by atoms with Crippen molar-refractivity contribution in [1.29, 1.82) is 0 Å². The monoisotopic (exact) mass is 222 g/mol. The summed E-state index contributed by atoms with van der Waals surface area (Å²) in [7, 11) is 1.76. The van der Waals surface area contributed by atoms with Crippen LogP contribution in [0.25, 0.3) is 0 Å². The number of halogens is 1. The van der Waals surface area contributed by atoms with Gasteiger partial charge in [0.15, 0.2) is 0 Å². The number of benzene rings is 1. The summed E-state index contributed by atoms with van der Waals surface area (Å²) >= 11 is 0. The average molecular weight is 222 g/mol. The third-order valence-corrected chi connectivity index (χ3v) is 2.47. The molecule has 0 saturated heterocycles. The molecule has 0 heterocycles. The third-order valence-electron chi connectivity index (χ3n) is 2.47. The first kappa shape index (κ1) is 12.7. The Morgan fingerprint density at radius 3 is 2.62 bits per heavy atom. The molecule has 1 aromatic rings. The molecule has 87 valence electrons. The van der Waals surface area contributed by atoms with Gasteiger partial charge in [-0.05, 0) is 31.4 Å². The van der Waals surface area contributed by atoms with Crippen molar-refractivity contribution in [2.75, 3.05) is 11.9 Å². The first-order chi connectivity index (χ1) is 7.75. The number of nitrogens with zero attached hydrogens (tertiary/aromatic N) is 1. The van der Waals surface area contributed by atoms with Gasteiger partial charge in [0.05, 0.1) is 0 Å². The molecule has 3 heteroatoms. The van der Waals surface area contributed by atoms with Crippen LogP contribution >= 0.6 is 0 Å². The molecule has 0 fully saturated rings. The Bertz CT molecular complexity index is 313. The Hall–Kier alpha value is -1.38. The molecule has 2 nitrogen and oxygen atoms in total. The normalized spacial score (nSPS) is 10.1. The standard InChI is InChI=1S/C13H17FNO/c1-15(12-8-4-2-5-9-12)13(16)10-6-3-7-11-14/h2,4-5,8-9,11H,3,6-7,10H2,1H3. The van der Waals surface area contributed by atoms with Gasteiger partial charge < -0.3 is 4.90 Å². The molecule has 0 unspecified atom stereocenters. The van der Waals surface area contributed by atoms with E-state index >= 15 is 0 Å².